The van der Waals surface area contributed by atoms with Gasteiger partial charge in [0.15, 0.2) is 11.5 Å². The Labute approximate surface area is 118 Å². The van der Waals surface area contributed by atoms with Crippen LogP contribution in [0.15, 0.2) is 42.5 Å². The number of methoxy groups -OCH3 is 1. The van der Waals surface area contributed by atoms with Gasteiger partial charge in [0.1, 0.15) is 6.61 Å². The molecule has 2 N–H and O–H groups in total. The van der Waals surface area contributed by atoms with Crippen LogP contribution in [0, 0.1) is 6.92 Å². The lowest BCUT2D eigenvalue weighted by Crippen LogP contribution is -2.13. The number of aryl methyl sites for hydroxylation is 1. The van der Waals surface area contributed by atoms with E-state index in [0.29, 0.717) is 23.7 Å². The second-order valence-electron chi connectivity index (χ2n) is 4.48. The number of benzene rings is 2. The molecule has 104 valence electrons. The van der Waals surface area contributed by atoms with Crippen molar-refractivity contribution in [3.05, 3.63) is 59.2 Å². The first-order chi connectivity index (χ1) is 9.61. The third kappa shape index (κ3) is 3.09. The van der Waals surface area contributed by atoms with E-state index in [1.54, 1.807) is 18.2 Å². The molecule has 0 radical (unpaired) electrons. The minimum absolute atomic E-state index is 0.317. The third-order valence-corrected chi connectivity index (χ3v) is 2.93. The molecule has 0 aliphatic heterocycles. The van der Waals surface area contributed by atoms with Crippen molar-refractivity contribution in [1.82, 2.24) is 0 Å². The smallest absolute Gasteiger partial charge is 0.252 e. The van der Waals surface area contributed by atoms with Crippen LogP contribution in [0.1, 0.15) is 21.5 Å². The van der Waals surface area contributed by atoms with E-state index in [1.807, 2.05) is 31.2 Å². The number of amides is 1. The average molecular weight is 271 g/mol. The van der Waals surface area contributed by atoms with Gasteiger partial charge in [0, 0.05) is 0 Å². The van der Waals surface area contributed by atoms with Crippen molar-refractivity contribution in [3.8, 4) is 11.5 Å². The Hall–Kier alpha value is -2.49. The summed E-state index contributed by atoms with van der Waals surface area (Å²) in [5, 5.41) is 0. The van der Waals surface area contributed by atoms with Crippen molar-refractivity contribution in [2.45, 2.75) is 13.5 Å². The van der Waals surface area contributed by atoms with Crippen LogP contribution in [-0.4, -0.2) is 13.0 Å². The topological polar surface area (TPSA) is 61.5 Å². The van der Waals surface area contributed by atoms with E-state index in [1.165, 1.54) is 7.11 Å². The molecule has 0 heterocycles. The number of rotatable bonds is 5. The van der Waals surface area contributed by atoms with Crippen molar-refractivity contribution >= 4 is 5.91 Å². The quantitative estimate of drug-likeness (QED) is 0.909. The summed E-state index contributed by atoms with van der Waals surface area (Å²) in [7, 11) is 1.53. The molecule has 0 saturated heterocycles. The average Bonchev–Trinajstić information content (AvgIpc) is 2.44. The van der Waals surface area contributed by atoms with Crippen LogP contribution in [-0.2, 0) is 6.61 Å². The molecular weight excluding hydrogens is 254 g/mol. The van der Waals surface area contributed by atoms with Crippen LogP contribution < -0.4 is 15.2 Å². The van der Waals surface area contributed by atoms with Crippen LogP contribution in [0.25, 0.3) is 0 Å². The number of nitrogens with two attached hydrogens (primary N) is 1. The molecule has 20 heavy (non-hydrogen) atoms. The molecule has 4 heteroatoms. The highest BCUT2D eigenvalue weighted by molar-refractivity contribution is 5.96. The Morgan fingerprint density at radius 3 is 2.60 bits per heavy atom. The largest absolute Gasteiger partial charge is 0.493 e. The van der Waals surface area contributed by atoms with Crippen LogP contribution in [0.4, 0.5) is 0 Å². The zero-order chi connectivity index (χ0) is 14.5. The van der Waals surface area contributed by atoms with E-state index in [4.69, 9.17) is 15.2 Å². The summed E-state index contributed by atoms with van der Waals surface area (Å²) in [6.45, 7) is 2.36. The van der Waals surface area contributed by atoms with E-state index in [0.717, 1.165) is 11.1 Å². The van der Waals surface area contributed by atoms with Crippen LogP contribution in [0.2, 0.25) is 0 Å². The van der Waals surface area contributed by atoms with E-state index < -0.39 is 5.91 Å². The predicted molar refractivity (Wildman–Crippen MR) is 77.0 cm³/mol. The maximum atomic E-state index is 11.4. The maximum Gasteiger partial charge on any atom is 0.252 e. The van der Waals surface area contributed by atoms with Gasteiger partial charge in [0.2, 0.25) is 0 Å². The molecule has 0 aliphatic rings. The van der Waals surface area contributed by atoms with Crippen molar-refractivity contribution < 1.29 is 14.3 Å². The number of hydrogen-bond donors (Lipinski definition) is 1. The van der Waals surface area contributed by atoms with Gasteiger partial charge in [0.05, 0.1) is 12.7 Å². The minimum atomic E-state index is -0.539. The molecular formula is C16H17NO3. The second-order valence-corrected chi connectivity index (χ2v) is 4.48. The highest BCUT2D eigenvalue weighted by Crippen LogP contribution is 2.31. The summed E-state index contributed by atoms with van der Waals surface area (Å²) in [5.74, 6) is 0.334. The number of para-hydroxylation sites is 1. The fourth-order valence-corrected chi connectivity index (χ4v) is 1.98. The normalized spacial score (nSPS) is 10.1. The molecule has 0 unspecified atom stereocenters. The summed E-state index contributed by atoms with van der Waals surface area (Å²) in [6, 6.07) is 13.0. The Balaban J connectivity index is 2.26. The molecule has 0 aromatic heterocycles. The van der Waals surface area contributed by atoms with E-state index in [2.05, 4.69) is 0 Å². The fourth-order valence-electron chi connectivity index (χ4n) is 1.98. The summed E-state index contributed by atoms with van der Waals surface area (Å²) in [4.78, 5) is 11.4. The van der Waals surface area contributed by atoms with Gasteiger partial charge in [-0.15, -0.1) is 0 Å². The lowest BCUT2D eigenvalue weighted by Gasteiger charge is -2.13. The van der Waals surface area contributed by atoms with Crippen LogP contribution in [0.5, 0.6) is 11.5 Å². The Morgan fingerprint density at radius 2 is 1.95 bits per heavy atom. The van der Waals surface area contributed by atoms with Gasteiger partial charge in [-0.25, -0.2) is 0 Å². The molecule has 0 bridgehead atoms. The van der Waals surface area contributed by atoms with Crippen molar-refractivity contribution in [2.24, 2.45) is 5.73 Å². The second kappa shape index (κ2) is 6.10. The Morgan fingerprint density at radius 1 is 1.20 bits per heavy atom. The molecule has 2 aromatic rings. The molecule has 2 rings (SSSR count). The number of primary amides is 1. The molecule has 0 atom stereocenters. The van der Waals surface area contributed by atoms with Gasteiger partial charge in [-0.2, -0.15) is 0 Å². The zero-order valence-corrected chi connectivity index (χ0v) is 11.6. The first-order valence-electron chi connectivity index (χ1n) is 6.27. The van der Waals surface area contributed by atoms with Gasteiger partial charge in [-0.3, -0.25) is 4.79 Å². The third-order valence-electron chi connectivity index (χ3n) is 2.93. The summed E-state index contributed by atoms with van der Waals surface area (Å²) < 4.78 is 11.0. The van der Waals surface area contributed by atoms with Crippen LogP contribution in [0.3, 0.4) is 0 Å². The molecule has 0 saturated carbocycles. The highest BCUT2D eigenvalue weighted by Gasteiger charge is 2.14. The van der Waals surface area contributed by atoms with E-state index in [9.17, 15) is 4.79 Å². The van der Waals surface area contributed by atoms with E-state index >= 15 is 0 Å². The molecule has 1 amide bonds. The van der Waals surface area contributed by atoms with E-state index in [-0.39, 0.29) is 0 Å². The lowest BCUT2D eigenvalue weighted by molar-refractivity contribution is 0.0995. The van der Waals surface area contributed by atoms with Crippen LogP contribution >= 0.6 is 0 Å². The lowest BCUT2D eigenvalue weighted by atomic mass is 10.1. The molecule has 0 aliphatic carbocycles. The molecule has 0 spiro atoms. The number of hydrogen-bond acceptors (Lipinski definition) is 3. The number of carbonyl (C=O) groups is 1. The molecule has 2 aromatic carbocycles. The monoisotopic (exact) mass is 271 g/mol. The van der Waals surface area contributed by atoms with Crippen molar-refractivity contribution in [1.29, 1.82) is 0 Å². The zero-order valence-electron chi connectivity index (χ0n) is 11.6. The summed E-state index contributed by atoms with van der Waals surface area (Å²) in [6.07, 6.45) is 0. The van der Waals surface area contributed by atoms with Crippen molar-refractivity contribution in [3.63, 3.8) is 0 Å². The standard InChI is InChI=1S/C16H17NO3/c1-11-5-3-6-12(9-11)10-20-15-13(16(17)18)7-4-8-14(15)19-2/h3-9H,10H2,1-2H3,(H2,17,18). The minimum Gasteiger partial charge on any atom is -0.493 e. The highest BCUT2D eigenvalue weighted by atomic mass is 16.5. The SMILES string of the molecule is COc1cccc(C(N)=O)c1OCc1cccc(C)c1. The summed E-state index contributed by atoms with van der Waals surface area (Å²) in [5.41, 5.74) is 7.85. The first kappa shape index (κ1) is 13.9. The summed E-state index contributed by atoms with van der Waals surface area (Å²) >= 11 is 0. The fraction of sp³-hybridized carbons (Fsp3) is 0.188. The number of carbonyl (C=O) groups excluding carboxylic acids is 1. The molecule has 0 fully saturated rings. The van der Waals surface area contributed by atoms with Gasteiger partial charge in [-0.05, 0) is 24.6 Å². The van der Waals surface area contributed by atoms with Gasteiger partial charge < -0.3 is 15.2 Å². The maximum absolute atomic E-state index is 11.4. The number of ether oxygens (including phenoxy) is 2. The Kier molecular flexibility index (Phi) is 4.25. The van der Waals surface area contributed by atoms with Crippen molar-refractivity contribution in [2.75, 3.05) is 7.11 Å². The van der Waals surface area contributed by atoms with Gasteiger partial charge >= 0.3 is 0 Å². The van der Waals surface area contributed by atoms with Gasteiger partial charge in [0.25, 0.3) is 5.91 Å². The van der Waals surface area contributed by atoms with Gasteiger partial charge in [-0.1, -0.05) is 35.9 Å². The predicted octanol–water partition coefficient (Wildman–Crippen LogP) is 2.68. The first-order valence-corrected chi connectivity index (χ1v) is 6.27. The Bertz CT molecular complexity index is 623. The molecule has 4 nitrogen and oxygen atoms in total.